The molecule has 40 heavy (non-hydrogen) atoms. The van der Waals surface area contributed by atoms with Crippen molar-refractivity contribution >= 4 is 23.8 Å². The highest BCUT2D eigenvalue weighted by Crippen LogP contribution is 2.26. The van der Waals surface area contributed by atoms with Gasteiger partial charge >= 0.3 is 17.9 Å². The summed E-state index contributed by atoms with van der Waals surface area (Å²) in [5.74, 6) is -2.39. The molecule has 1 heterocycles. The maximum atomic E-state index is 13.1. The molecule has 1 fully saturated rings. The second kappa shape index (κ2) is 16.9. The van der Waals surface area contributed by atoms with E-state index in [4.69, 9.17) is 18.9 Å². The van der Waals surface area contributed by atoms with Crippen molar-refractivity contribution < 1.29 is 58.2 Å². The van der Waals surface area contributed by atoms with Gasteiger partial charge in [0.2, 0.25) is 0 Å². The van der Waals surface area contributed by atoms with Crippen LogP contribution in [0.25, 0.3) is 0 Å². The SMILES string of the molecule is COC(=O)CCCCCCCCO[C@@H]1OC(CO)[C@@H](O)C(O)C1NC(=O)c1cc(OC(C)=O)cc(OC(C)=O)c1. The number of methoxy groups -OCH3 is 1. The lowest BCUT2D eigenvalue weighted by Gasteiger charge is -2.42. The molecule has 1 aliphatic heterocycles. The van der Waals surface area contributed by atoms with Gasteiger partial charge in [-0.15, -0.1) is 0 Å². The Morgan fingerprint density at radius 3 is 2.00 bits per heavy atom. The van der Waals surface area contributed by atoms with Crippen LogP contribution in [0.5, 0.6) is 11.5 Å². The zero-order valence-corrected chi connectivity index (χ0v) is 23.0. The monoisotopic (exact) mass is 569 g/mol. The van der Waals surface area contributed by atoms with Crippen LogP contribution in [0.3, 0.4) is 0 Å². The molecular formula is C27H39NO12. The number of nitrogens with one attached hydrogen (secondary N) is 1. The van der Waals surface area contributed by atoms with Gasteiger partial charge < -0.3 is 44.3 Å². The summed E-state index contributed by atoms with van der Waals surface area (Å²) in [5.41, 5.74) is -0.0630. The van der Waals surface area contributed by atoms with Gasteiger partial charge in [0.05, 0.1) is 13.7 Å². The first-order valence-electron chi connectivity index (χ1n) is 13.2. The third-order valence-electron chi connectivity index (χ3n) is 6.13. The van der Waals surface area contributed by atoms with Crippen molar-refractivity contribution in [1.29, 1.82) is 0 Å². The van der Waals surface area contributed by atoms with Crippen LogP contribution in [0, 0.1) is 0 Å². The maximum Gasteiger partial charge on any atom is 0.308 e. The van der Waals surface area contributed by atoms with E-state index in [0.717, 1.165) is 32.1 Å². The number of amides is 1. The molecule has 1 aromatic rings. The fraction of sp³-hybridized carbons (Fsp3) is 0.630. The number of unbranched alkanes of at least 4 members (excludes halogenated alkanes) is 5. The van der Waals surface area contributed by atoms with Gasteiger partial charge in [-0.2, -0.15) is 0 Å². The Balaban J connectivity index is 2.02. The number of benzene rings is 1. The molecule has 1 saturated heterocycles. The van der Waals surface area contributed by atoms with Crippen LogP contribution in [0.1, 0.15) is 69.2 Å². The normalized spacial score (nSPS) is 22.3. The van der Waals surface area contributed by atoms with E-state index in [2.05, 4.69) is 10.1 Å². The second-order valence-electron chi connectivity index (χ2n) is 9.40. The molecular weight excluding hydrogens is 530 g/mol. The van der Waals surface area contributed by atoms with E-state index >= 15 is 0 Å². The Labute approximate surface area is 232 Å². The molecule has 0 saturated carbocycles. The first-order valence-corrected chi connectivity index (χ1v) is 13.2. The molecule has 224 valence electrons. The largest absolute Gasteiger partial charge is 0.469 e. The summed E-state index contributed by atoms with van der Waals surface area (Å²) in [4.78, 5) is 47.1. The Kier molecular flexibility index (Phi) is 14.0. The Bertz CT molecular complexity index is 965. The zero-order valence-electron chi connectivity index (χ0n) is 23.0. The lowest BCUT2D eigenvalue weighted by Crippen LogP contribution is -2.64. The minimum Gasteiger partial charge on any atom is -0.469 e. The van der Waals surface area contributed by atoms with Crippen LogP contribution in [-0.2, 0) is 28.6 Å². The summed E-state index contributed by atoms with van der Waals surface area (Å²) >= 11 is 0. The zero-order chi connectivity index (χ0) is 29.7. The number of carbonyl (C=O) groups is 4. The van der Waals surface area contributed by atoms with Crippen molar-refractivity contribution in [2.24, 2.45) is 0 Å². The molecule has 5 atom stereocenters. The van der Waals surface area contributed by atoms with Crippen LogP contribution >= 0.6 is 0 Å². The quantitative estimate of drug-likeness (QED) is 0.133. The molecule has 13 heteroatoms. The standard InChI is InChI=1S/C27H39NO12/c1-16(30)38-19-12-18(13-20(14-19)39-17(2)31)26(35)28-23-25(34)24(33)21(15-29)40-27(23)37-11-9-7-5-4-6-8-10-22(32)36-3/h12-14,21,23-25,27,29,33-34H,4-11,15H2,1-3H3,(H,28,35)/t21?,23?,24-,25?,27-/m1/s1. The van der Waals surface area contributed by atoms with Gasteiger partial charge in [-0.3, -0.25) is 19.2 Å². The van der Waals surface area contributed by atoms with Gasteiger partial charge in [-0.1, -0.05) is 25.7 Å². The maximum absolute atomic E-state index is 13.1. The molecule has 13 nitrogen and oxygen atoms in total. The third-order valence-corrected chi connectivity index (χ3v) is 6.13. The highest BCUT2D eigenvalue weighted by atomic mass is 16.7. The Morgan fingerprint density at radius 1 is 0.875 bits per heavy atom. The van der Waals surface area contributed by atoms with Crippen molar-refractivity contribution in [3.63, 3.8) is 0 Å². The van der Waals surface area contributed by atoms with E-state index in [-0.39, 0.29) is 29.6 Å². The van der Waals surface area contributed by atoms with Crippen molar-refractivity contribution in [2.45, 2.75) is 89.4 Å². The summed E-state index contributed by atoms with van der Waals surface area (Å²) in [7, 11) is 1.36. The minimum atomic E-state index is -1.54. The van der Waals surface area contributed by atoms with Gasteiger partial charge in [-0.25, -0.2) is 0 Å². The molecule has 0 spiro atoms. The number of aliphatic hydroxyl groups excluding tert-OH is 3. The average Bonchev–Trinajstić information content (AvgIpc) is 2.90. The number of rotatable bonds is 15. The number of hydrogen-bond acceptors (Lipinski definition) is 12. The van der Waals surface area contributed by atoms with Crippen LogP contribution in [0.4, 0.5) is 0 Å². The Morgan fingerprint density at radius 2 is 1.45 bits per heavy atom. The highest BCUT2D eigenvalue weighted by molar-refractivity contribution is 5.95. The lowest BCUT2D eigenvalue weighted by atomic mass is 9.96. The van der Waals surface area contributed by atoms with Gasteiger partial charge in [-0.05, 0) is 25.0 Å². The van der Waals surface area contributed by atoms with Gasteiger partial charge in [0.25, 0.3) is 5.91 Å². The van der Waals surface area contributed by atoms with E-state index < -0.39 is 55.1 Å². The molecule has 1 aliphatic rings. The predicted molar refractivity (Wildman–Crippen MR) is 138 cm³/mol. The topological polar surface area (TPSA) is 187 Å². The lowest BCUT2D eigenvalue weighted by molar-refractivity contribution is -0.269. The molecule has 4 N–H and O–H groups in total. The fourth-order valence-corrected chi connectivity index (χ4v) is 4.15. The van der Waals surface area contributed by atoms with Crippen LogP contribution < -0.4 is 14.8 Å². The van der Waals surface area contributed by atoms with E-state index in [9.17, 15) is 34.5 Å². The van der Waals surface area contributed by atoms with E-state index in [1.165, 1.54) is 39.2 Å². The number of hydrogen-bond donors (Lipinski definition) is 4. The van der Waals surface area contributed by atoms with E-state index in [1.54, 1.807) is 0 Å². The van der Waals surface area contributed by atoms with E-state index in [1.807, 2.05) is 0 Å². The van der Waals surface area contributed by atoms with Crippen LogP contribution in [0.2, 0.25) is 0 Å². The van der Waals surface area contributed by atoms with Crippen LogP contribution in [-0.4, -0.2) is 90.1 Å². The number of ether oxygens (including phenoxy) is 5. The van der Waals surface area contributed by atoms with Crippen molar-refractivity contribution in [3.05, 3.63) is 23.8 Å². The molecule has 0 aromatic heterocycles. The molecule has 0 radical (unpaired) electrons. The molecule has 0 bridgehead atoms. The smallest absolute Gasteiger partial charge is 0.308 e. The number of esters is 3. The van der Waals surface area contributed by atoms with Gasteiger partial charge in [0.15, 0.2) is 6.29 Å². The molecule has 1 amide bonds. The molecule has 0 aliphatic carbocycles. The molecule has 1 aromatic carbocycles. The van der Waals surface area contributed by atoms with Crippen molar-refractivity contribution in [2.75, 3.05) is 20.3 Å². The summed E-state index contributed by atoms with van der Waals surface area (Å²) in [6.45, 7) is 1.97. The van der Waals surface area contributed by atoms with Crippen molar-refractivity contribution in [3.8, 4) is 11.5 Å². The highest BCUT2D eigenvalue weighted by Gasteiger charge is 2.45. The minimum absolute atomic E-state index is 0.0460. The second-order valence-corrected chi connectivity index (χ2v) is 9.40. The number of aliphatic hydroxyl groups is 3. The summed E-state index contributed by atoms with van der Waals surface area (Å²) in [5, 5.41) is 33.2. The van der Waals surface area contributed by atoms with E-state index in [0.29, 0.717) is 12.8 Å². The summed E-state index contributed by atoms with van der Waals surface area (Å²) in [6, 6.07) is 2.53. The van der Waals surface area contributed by atoms with Crippen molar-refractivity contribution in [1.82, 2.24) is 5.32 Å². The van der Waals surface area contributed by atoms with Gasteiger partial charge in [0.1, 0.15) is 35.9 Å². The van der Waals surface area contributed by atoms with Crippen LogP contribution in [0.15, 0.2) is 18.2 Å². The first-order chi connectivity index (χ1) is 19.0. The molecule has 2 rings (SSSR count). The summed E-state index contributed by atoms with van der Waals surface area (Å²) in [6.07, 6.45) is 0.0123. The Hall–Kier alpha value is -3.10. The predicted octanol–water partition coefficient (Wildman–Crippen LogP) is 0.995. The average molecular weight is 570 g/mol. The fourth-order valence-electron chi connectivity index (χ4n) is 4.15. The third kappa shape index (κ3) is 10.8. The summed E-state index contributed by atoms with van der Waals surface area (Å²) < 4.78 is 26.1. The van der Waals surface area contributed by atoms with Gasteiger partial charge in [0, 0.05) is 38.5 Å². The number of carbonyl (C=O) groups excluding carboxylic acids is 4. The molecule has 3 unspecified atom stereocenters. The first kappa shape index (κ1) is 33.1.